The number of nitrogens with two attached hydrogens (primary N) is 1. The maximum Gasteiger partial charge on any atom is 0.243 e. The zero-order chi connectivity index (χ0) is 16.2. The van der Waals surface area contributed by atoms with Crippen LogP contribution in [-0.4, -0.2) is 51.4 Å². The highest BCUT2D eigenvalue weighted by Gasteiger charge is 2.25. The Morgan fingerprint density at radius 1 is 1.24 bits per heavy atom. The van der Waals surface area contributed by atoms with Crippen molar-refractivity contribution in [3.8, 4) is 0 Å². The van der Waals surface area contributed by atoms with Crippen molar-refractivity contribution in [2.24, 2.45) is 5.92 Å². The fourth-order valence-corrected chi connectivity index (χ4v) is 3.74. The van der Waals surface area contributed by atoms with Gasteiger partial charge in [0.2, 0.25) is 10.0 Å². The average Bonchev–Trinajstić information content (AvgIpc) is 2.36. The van der Waals surface area contributed by atoms with Crippen molar-refractivity contribution in [2.45, 2.75) is 18.7 Å². The lowest BCUT2D eigenvalue weighted by atomic mass is 10.2. The fraction of sp³-hybridized carbons (Fsp3) is 0.571. The number of hydrogen-bond donors (Lipinski definition) is 1. The van der Waals surface area contributed by atoms with Crippen LogP contribution in [0.5, 0.6) is 0 Å². The number of nitrogens with zero attached hydrogens (tertiary/aromatic N) is 2. The topological polar surface area (TPSA) is 66.6 Å². The van der Waals surface area contributed by atoms with Gasteiger partial charge in [-0.05, 0) is 54.1 Å². The summed E-state index contributed by atoms with van der Waals surface area (Å²) >= 11 is 3.28. The van der Waals surface area contributed by atoms with Crippen LogP contribution < -0.4 is 5.73 Å². The van der Waals surface area contributed by atoms with Gasteiger partial charge in [0.15, 0.2) is 0 Å². The molecule has 0 fully saturated rings. The van der Waals surface area contributed by atoms with Crippen molar-refractivity contribution >= 4 is 31.6 Å². The van der Waals surface area contributed by atoms with Gasteiger partial charge in [0.1, 0.15) is 0 Å². The summed E-state index contributed by atoms with van der Waals surface area (Å²) in [6.45, 7) is 5.65. The molecule has 0 radical (unpaired) electrons. The van der Waals surface area contributed by atoms with Crippen LogP contribution in [0.3, 0.4) is 0 Å². The van der Waals surface area contributed by atoms with Crippen LogP contribution in [0.25, 0.3) is 0 Å². The second kappa shape index (κ2) is 7.58. The lowest BCUT2D eigenvalue weighted by Gasteiger charge is -2.25. The third kappa shape index (κ3) is 5.25. The molecule has 0 spiro atoms. The minimum atomic E-state index is -3.53. The summed E-state index contributed by atoms with van der Waals surface area (Å²) in [4.78, 5) is 2.21. The zero-order valence-corrected chi connectivity index (χ0v) is 15.4. The predicted octanol–water partition coefficient (Wildman–Crippen LogP) is 2.24. The minimum Gasteiger partial charge on any atom is -0.398 e. The smallest absolute Gasteiger partial charge is 0.243 e. The molecule has 1 aromatic carbocycles. The molecule has 5 nitrogen and oxygen atoms in total. The molecule has 0 aromatic heterocycles. The number of likely N-dealkylation sites (N-methyl/N-ethyl adjacent to an activating group) is 1. The van der Waals surface area contributed by atoms with Crippen molar-refractivity contribution < 1.29 is 8.42 Å². The number of benzene rings is 1. The number of nitrogen functional groups attached to an aromatic ring is 1. The first-order valence-electron chi connectivity index (χ1n) is 6.84. The van der Waals surface area contributed by atoms with Crippen molar-refractivity contribution in [2.75, 3.05) is 39.5 Å². The molecule has 1 aromatic rings. The Bertz CT molecular complexity index is 574. The van der Waals surface area contributed by atoms with Gasteiger partial charge < -0.3 is 10.6 Å². The molecule has 1 rings (SSSR count). The van der Waals surface area contributed by atoms with Gasteiger partial charge in [-0.25, -0.2) is 8.42 Å². The largest absolute Gasteiger partial charge is 0.398 e. The normalized spacial score (nSPS) is 12.6. The van der Waals surface area contributed by atoms with E-state index < -0.39 is 10.0 Å². The minimum absolute atomic E-state index is 0.239. The van der Waals surface area contributed by atoms with E-state index in [1.807, 2.05) is 32.8 Å². The molecule has 7 heteroatoms. The summed E-state index contributed by atoms with van der Waals surface area (Å²) in [7, 11) is 0.331. The molecular formula is C14H24BrN3O2S. The van der Waals surface area contributed by atoms with Crippen molar-refractivity contribution in [3.63, 3.8) is 0 Å². The highest BCUT2D eigenvalue weighted by Crippen LogP contribution is 2.25. The first-order valence-corrected chi connectivity index (χ1v) is 9.07. The number of hydrogen-bond acceptors (Lipinski definition) is 4. The zero-order valence-electron chi connectivity index (χ0n) is 13.0. The Morgan fingerprint density at radius 2 is 1.86 bits per heavy atom. The van der Waals surface area contributed by atoms with E-state index in [-0.39, 0.29) is 10.8 Å². The highest BCUT2D eigenvalue weighted by molar-refractivity contribution is 9.10. The summed E-state index contributed by atoms with van der Waals surface area (Å²) in [5.41, 5.74) is 6.23. The number of rotatable bonds is 7. The Labute approximate surface area is 136 Å². The molecule has 0 heterocycles. The summed E-state index contributed by atoms with van der Waals surface area (Å²) in [5.74, 6) is 0.259. The SMILES string of the molecule is CC(C)CN(CCN(C)C)S(=O)(=O)c1ccc(Br)c(N)c1. The van der Waals surface area contributed by atoms with E-state index in [0.29, 0.717) is 29.8 Å². The van der Waals surface area contributed by atoms with E-state index in [1.54, 1.807) is 12.1 Å². The molecule has 0 amide bonds. The van der Waals surface area contributed by atoms with E-state index in [2.05, 4.69) is 15.9 Å². The van der Waals surface area contributed by atoms with Crippen LogP contribution in [0.15, 0.2) is 27.6 Å². The molecule has 21 heavy (non-hydrogen) atoms. The van der Waals surface area contributed by atoms with Gasteiger partial charge in [0.25, 0.3) is 0 Å². The molecule has 0 aliphatic heterocycles. The van der Waals surface area contributed by atoms with Gasteiger partial charge in [0.05, 0.1) is 4.90 Å². The van der Waals surface area contributed by atoms with E-state index in [0.717, 1.165) is 0 Å². The monoisotopic (exact) mass is 377 g/mol. The Morgan fingerprint density at radius 3 is 2.33 bits per heavy atom. The third-order valence-corrected chi connectivity index (χ3v) is 5.55. The summed E-state index contributed by atoms with van der Waals surface area (Å²) in [6.07, 6.45) is 0. The maximum absolute atomic E-state index is 12.8. The summed E-state index contributed by atoms with van der Waals surface area (Å²) < 4.78 is 27.8. The molecule has 0 aliphatic rings. The number of halogens is 1. The second-order valence-electron chi connectivity index (χ2n) is 5.74. The fourth-order valence-electron chi connectivity index (χ4n) is 1.86. The Hall–Kier alpha value is -0.630. The van der Waals surface area contributed by atoms with Gasteiger partial charge in [-0.2, -0.15) is 4.31 Å². The van der Waals surface area contributed by atoms with Crippen molar-refractivity contribution in [1.82, 2.24) is 9.21 Å². The van der Waals surface area contributed by atoms with Crippen LogP contribution in [0.2, 0.25) is 0 Å². The van der Waals surface area contributed by atoms with Crippen LogP contribution in [0.1, 0.15) is 13.8 Å². The molecule has 0 unspecified atom stereocenters. The predicted molar refractivity (Wildman–Crippen MR) is 90.7 cm³/mol. The third-order valence-electron chi connectivity index (χ3n) is 2.97. The van der Waals surface area contributed by atoms with Crippen molar-refractivity contribution in [1.29, 1.82) is 0 Å². The van der Waals surface area contributed by atoms with Gasteiger partial charge in [0, 0.05) is 29.8 Å². The van der Waals surface area contributed by atoms with Gasteiger partial charge >= 0.3 is 0 Å². The summed E-state index contributed by atoms with van der Waals surface area (Å²) in [6, 6.07) is 4.75. The quantitative estimate of drug-likeness (QED) is 0.739. The van der Waals surface area contributed by atoms with E-state index >= 15 is 0 Å². The summed E-state index contributed by atoms with van der Waals surface area (Å²) in [5, 5.41) is 0. The number of anilines is 1. The molecule has 2 N–H and O–H groups in total. The first-order chi connectivity index (χ1) is 9.64. The van der Waals surface area contributed by atoms with E-state index in [4.69, 9.17) is 5.73 Å². The molecule has 0 saturated carbocycles. The van der Waals surface area contributed by atoms with E-state index in [9.17, 15) is 8.42 Å². The highest BCUT2D eigenvalue weighted by atomic mass is 79.9. The van der Waals surface area contributed by atoms with Crippen LogP contribution >= 0.6 is 15.9 Å². The molecular weight excluding hydrogens is 354 g/mol. The molecule has 120 valence electrons. The lowest BCUT2D eigenvalue weighted by Crippen LogP contribution is -2.38. The van der Waals surface area contributed by atoms with Gasteiger partial charge in [-0.15, -0.1) is 0 Å². The van der Waals surface area contributed by atoms with Gasteiger partial charge in [-0.3, -0.25) is 0 Å². The van der Waals surface area contributed by atoms with Crippen LogP contribution in [-0.2, 0) is 10.0 Å². The molecule has 0 aliphatic carbocycles. The maximum atomic E-state index is 12.8. The lowest BCUT2D eigenvalue weighted by molar-refractivity contribution is 0.312. The second-order valence-corrected chi connectivity index (χ2v) is 8.54. The number of sulfonamides is 1. The molecule has 0 saturated heterocycles. The van der Waals surface area contributed by atoms with Crippen LogP contribution in [0, 0.1) is 5.92 Å². The first kappa shape index (κ1) is 18.4. The Kier molecular flexibility index (Phi) is 6.65. The Balaban J connectivity index is 3.09. The van der Waals surface area contributed by atoms with Crippen molar-refractivity contribution in [3.05, 3.63) is 22.7 Å². The molecule has 0 bridgehead atoms. The van der Waals surface area contributed by atoms with Crippen LogP contribution in [0.4, 0.5) is 5.69 Å². The van der Waals surface area contributed by atoms with Gasteiger partial charge in [-0.1, -0.05) is 13.8 Å². The average molecular weight is 378 g/mol. The molecule has 0 atom stereocenters. The van der Waals surface area contributed by atoms with E-state index in [1.165, 1.54) is 10.4 Å². The standard InChI is InChI=1S/C14H24BrN3O2S/c1-11(2)10-18(8-7-17(3)4)21(19,20)12-5-6-13(15)14(16)9-12/h5-6,9,11H,7-8,10,16H2,1-4H3.